The third kappa shape index (κ3) is 6.78. The van der Waals surface area contributed by atoms with Crippen LogP contribution < -0.4 is 9.47 Å². The van der Waals surface area contributed by atoms with Crippen LogP contribution in [0, 0.1) is 13.8 Å². The highest BCUT2D eigenvalue weighted by Gasteiger charge is 2.17. The van der Waals surface area contributed by atoms with Crippen molar-refractivity contribution in [2.75, 3.05) is 6.61 Å². The molecule has 0 N–H and O–H groups in total. The summed E-state index contributed by atoms with van der Waals surface area (Å²) in [7, 11) is 0. The minimum absolute atomic E-state index is 0.116. The Morgan fingerprint density at radius 1 is 0.778 bits per heavy atom. The van der Waals surface area contributed by atoms with E-state index in [2.05, 4.69) is 6.58 Å². The lowest BCUT2D eigenvalue weighted by molar-refractivity contribution is -0.151. The zero-order valence-corrected chi connectivity index (χ0v) is 15.2. The molecule has 6 heteroatoms. The van der Waals surface area contributed by atoms with Crippen LogP contribution in [0.3, 0.4) is 0 Å². The molecule has 0 amide bonds. The largest absolute Gasteiger partial charge is 0.450 e. The van der Waals surface area contributed by atoms with Crippen molar-refractivity contribution in [3.05, 3.63) is 71.8 Å². The molecule has 6 nitrogen and oxygen atoms in total. The molecule has 2 aromatic rings. The summed E-state index contributed by atoms with van der Waals surface area (Å²) in [6, 6.07) is 13.7. The van der Waals surface area contributed by atoms with Gasteiger partial charge in [-0.15, -0.1) is 0 Å². The number of aryl methyl sites for hydroxylation is 2. The molecule has 0 aliphatic carbocycles. The Morgan fingerprint density at radius 3 is 1.70 bits per heavy atom. The van der Waals surface area contributed by atoms with Gasteiger partial charge in [0.25, 0.3) is 0 Å². The summed E-state index contributed by atoms with van der Waals surface area (Å²) in [5.74, 6) is -1.53. The Hall–Kier alpha value is -3.41. The van der Waals surface area contributed by atoms with Gasteiger partial charge in [-0.25, -0.2) is 9.59 Å². The predicted octanol–water partition coefficient (Wildman–Crippen LogP) is 3.30. The van der Waals surface area contributed by atoms with Crippen molar-refractivity contribution >= 4 is 17.9 Å². The van der Waals surface area contributed by atoms with E-state index in [1.165, 1.54) is 0 Å². The van der Waals surface area contributed by atoms with Crippen LogP contribution in [0.4, 0.5) is 0 Å². The maximum absolute atomic E-state index is 11.8. The van der Waals surface area contributed by atoms with E-state index in [0.29, 0.717) is 11.5 Å². The fourth-order valence-electron chi connectivity index (χ4n) is 2.01. The van der Waals surface area contributed by atoms with Gasteiger partial charge in [-0.05, 0) is 38.1 Å². The van der Waals surface area contributed by atoms with Crippen molar-refractivity contribution in [3.8, 4) is 11.5 Å². The number of carbonyl (C=O) groups excluding carboxylic acids is 3. The fourth-order valence-corrected chi connectivity index (χ4v) is 2.01. The third-order valence-electron chi connectivity index (χ3n) is 3.47. The minimum Gasteiger partial charge on any atom is -0.450 e. The average molecular weight is 368 g/mol. The highest BCUT2D eigenvalue weighted by molar-refractivity contribution is 5.94. The van der Waals surface area contributed by atoms with Gasteiger partial charge in [0.05, 0.1) is 6.42 Å². The quantitative estimate of drug-likeness (QED) is 0.424. The summed E-state index contributed by atoms with van der Waals surface area (Å²) < 4.78 is 14.9. The molecule has 0 aromatic heterocycles. The van der Waals surface area contributed by atoms with Crippen molar-refractivity contribution in [3.63, 3.8) is 0 Å². The molecule has 0 aliphatic heterocycles. The molecule has 140 valence electrons. The van der Waals surface area contributed by atoms with Crippen molar-refractivity contribution in [1.29, 1.82) is 0 Å². The highest BCUT2D eigenvalue weighted by atomic mass is 16.6. The van der Waals surface area contributed by atoms with Gasteiger partial charge in [-0.1, -0.05) is 42.0 Å². The molecule has 0 bridgehead atoms. The van der Waals surface area contributed by atoms with Crippen molar-refractivity contribution in [2.24, 2.45) is 0 Å². The van der Waals surface area contributed by atoms with Crippen LogP contribution in [0.1, 0.15) is 17.5 Å². The lowest BCUT2D eigenvalue weighted by atomic mass is 10.2. The van der Waals surface area contributed by atoms with Crippen LogP contribution in [0.2, 0.25) is 0 Å². The van der Waals surface area contributed by atoms with Gasteiger partial charge in [0, 0.05) is 5.57 Å². The summed E-state index contributed by atoms with van der Waals surface area (Å²) in [4.78, 5) is 35.4. The molecular formula is C21H20O6. The molecule has 0 unspecified atom stereocenters. The summed E-state index contributed by atoms with van der Waals surface area (Å²) in [6.45, 7) is 6.73. The zero-order chi connectivity index (χ0) is 19.8. The number of rotatable bonds is 7. The maximum Gasteiger partial charge on any atom is 0.349 e. The van der Waals surface area contributed by atoms with Crippen LogP contribution >= 0.6 is 0 Å². The second-order valence-corrected chi connectivity index (χ2v) is 5.93. The van der Waals surface area contributed by atoms with Crippen LogP contribution in [0.15, 0.2) is 60.7 Å². The second kappa shape index (κ2) is 9.33. The monoisotopic (exact) mass is 368 g/mol. The van der Waals surface area contributed by atoms with Gasteiger partial charge in [0.2, 0.25) is 0 Å². The first-order valence-electron chi connectivity index (χ1n) is 8.23. The Bertz CT molecular complexity index is 834. The lowest BCUT2D eigenvalue weighted by Gasteiger charge is -2.08. The second-order valence-electron chi connectivity index (χ2n) is 5.93. The first kappa shape index (κ1) is 19.9. The molecular weight excluding hydrogens is 348 g/mol. The van der Waals surface area contributed by atoms with E-state index < -0.39 is 24.5 Å². The molecule has 0 atom stereocenters. The van der Waals surface area contributed by atoms with Gasteiger partial charge < -0.3 is 14.2 Å². The molecule has 0 aliphatic rings. The topological polar surface area (TPSA) is 78.9 Å². The molecule has 0 saturated heterocycles. The van der Waals surface area contributed by atoms with Gasteiger partial charge >= 0.3 is 17.9 Å². The van der Waals surface area contributed by atoms with Crippen LogP contribution in [0.5, 0.6) is 11.5 Å². The van der Waals surface area contributed by atoms with Crippen LogP contribution in [0.25, 0.3) is 0 Å². The summed E-state index contributed by atoms with van der Waals surface area (Å²) in [6.07, 6.45) is -0.348. The number of carbonyl (C=O) groups is 3. The predicted molar refractivity (Wildman–Crippen MR) is 98.3 cm³/mol. The van der Waals surface area contributed by atoms with E-state index in [0.717, 1.165) is 11.1 Å². The van der Waals surface area contributed by atoms with Crippen molar-refractivity contribution < 1.29 is 28.6 Å². The lowest BCUT2D eigenvalue weighted by Crippen LogP contribution is -2.21. The number of esters is 3. The average Bonchev–Trinajstić information content (AvgIpc) is 2.63. The summed E-state index contributed by atoms with van der Waals surface area (Å²) >= 11 is 0. The Balaban J connectivity index is 1.75. The molecule has 0 spiro atoms. The normalized spacial score (nSPS) is 10.0. The Labute approximate surface area is 157 Å². The first-order chi connectivity index (χ1) is 12.8. The van der Waals surface area contributed by atoms with Crippen molar-refractivity contribution in [2.45, 2.75) is 20.3 Å². The van der Waals surface area contributed by atoms with E-state index in [1.54, 1.807) is 48.5 Å². The molecule has 2 aromatic carbocycles. The Morgan fingerprint density at radius 2 is 1.22 bits per heavy atom. The van der Waals surface area contributed by atoms with E-state index in [9.17, 15) is 14.4 Å². The zero-order valence-electron chi connectivity index (χ0n) is 15.2. The van der Waals surface area contributed by atoms with Gasteiger partial charge in [-0.3, -0.25) is 4.79 Å². The fraction of sp³-hybridized carbons (Fsp3) is 0.190. The molecule has 0 fully saturated rings. The Kier molecular flexibility index (Phi) is 6.88. The van der Waals surface area contributed by atoms with E-state index in [-0.39, 0.29) is 12.0 Å². The number of hydrogen-bond acceptors (Lipinski definition) is 6. The number of benzene rings is 2. The molecule has 0 saturated carbocycles. The van der Waals surface area contributed by atoms with Gasteiger partial charge in [0.1, 0.15) is 11.5 Å². The molecule has 2 rings (SSSR count). The van der Waals surface area contributed by atoms with E-state index in [4.69, 9.17) is 14.2 Å². The maximum atomic E-state index is 11.8. The summed E-state index contributed by atoms with van der Waals surface area (Å²) in [5, 5.41) is 0. The molecule has 27 heavy (non-hydrogen) atoms. The van der Waals surface area contributed by atoms with Gasteiger partial charge in [0.15, 0.2) is 6.61 Å². The smallest absolute Gasteiger partial charge is 0.349 e. The van der Waals surface area contributed by atoms with E-state index in [1.807, 2.05) is 13.8 Å². The first-order valence-corrected chi connectivity index (χ1v) is 8.23. The highest BCUT2D eigenvalue weighted by Crippen LogP contribution is 2.14. The summed E-state index contributed by atoms with van der Waals surface area (Å²) in [5.41, 5.74) is 1.94. The molecule has 0 radical (unpaired) electrons. The van der Waals surface area contributed by atoms with Crippen molar-refractivity contribution in [1.82, 2.24) is 0 Å². The van der Waals surface area contributed by atoms with Gasteiger partial charge in [-0.2, -0.15) is 0 Å². The molecule has 0 heterocycles. The number of ether oxygens (including phenoxy) is 3. The SMILES string of the molecule is C=C(CC(=O)Oc1ccc(C)cc1)C(=O)OCC(=O)Oc1ccc(C)cc1. The van der Waals surface area contributed by atoms with Crippen LogP contribution in [-0.2, 0) is 19.1 Å². The third-order valence-corrected chi connectivity index (χ3v) is 3.47. The standard InChI is InChI=1S/C21H20O6/c1-14-4-8-17(9-5-14)26-19(22)12-16(3)21(24)25-13-20(23)27-18-10-6-15(2)7-11-18/h4-11H,3,12-13H2,1-2H3. The number of hydrogen-bond donors (Lipinski definition) is 0. The van der Waals surface area contributed by atoms with Crippen LogP contribution in [-0.4, -0.2) is 24.5 Å². The van der Waals surface area contributed by atoms with E-state index >= 15 is 0 Å². The minimum atomic E-state index is -0.864.